The van der Waals surface area contributed by atoms with Crippen molar-refractivity contribution >= 4 is 11.6 Å². The van der Waals surface area contributed by atoms with E-state index in [9.17, 15) is 35.5 Å². The molecule has 0 aromatic carbocycles. The molecule has 12 heteroatoms. The van der Waals surface area contributed by atoms with Crippen molar-refractivity contribution in [2.45, 2.75) is 25.7 Å². The lowest BCUT2D eigenvalue weighted by molar-refractivity contribution is -0.174. The Morgan fingerprint density at radius 3 is 2.38 bits per heavy atom. The van der Waals surface area contributed by atoms with Crippen LogP contribution in [0.25, 0.3) is 11.3 Å². The van der Waals surface area contributed by atoms with E-state index in [1.54, 1.807) is 0 Å². The molecule has 0 radical (unpaired) electrons. The molecule has 0 aliphatic carbocycles. The lowest BCUT2D eigenvalue weighted by atomic mass is 10.1. The number of pyridine rings is 2. The van der Waals surface area contributed by atoms with Gasteiger partial charge in [-0.2, -0.15) is 26.3 Å². The number of carbonyl (C=O) groups excluding carboxylic acids is 1. The van der Waals surface area contributed by atoms with Gasteiger partial charge in [-0.15, -0.1) is 0 Å². The van der Waals surface area contributed by atoms with Gasteiger partial charge in [0, 0.05) is 18.2 Å². The number of carbonyl (C=O) groups is 1. The minimum Gasteiger partial charge on any atom is -0.351 e. The third-order valence-corrected chi connectivity index (χ3v) is 3.52. The van der Waals surface area contributed by atoms with E-state index >= 15 is 0 Å². The fraction of sp³-hybridized carbons (Fsp3) is 0.353. The molecule has 2 aromatic heterocycles. The first kappa shape index (κ1) is 22.5. The molecule has 29 heavy (non-hydrogen) atoms. The summed E-state index contributed by atoms with van der Waals surface area (Å²) < 4.78 is 95.2. The lowest BCUT2D eigenvalue weighted by Gasteiger charge is -2.25. The van der Waals surface area contributed by atoms with Crippen molar-refractivity contribution in [3.63, 3.8) is 0 Å². The Bertz CT molecular complexity index is 869. The van der Waals surface area contributed by atoms with Crippen LogP contribution in [0, 0.1) is 5.82 Å². The Hall–Kier alpha value is -2.76. The smallest absolute Gasteiger partial charge is 0.351 e. The third-order valence-electron chi connectivity index (χ3n) is 3.52. The van der Waals surface area contributed by atoms with Crippen molar-refractivity contribution in [2.75, 3.05) is 18.2 Å². The van der Waals surface area contributed by atoms with Crippen LogP contribution in [0.1, 0.15) is 19.0 Å². The van der Waals surface area contributed by atoms with Crippen LogP contribution >= 0.6 is 0 Å². The van der Waals surface area contributed by atoms with Gasteiger partial charge in [-0.3, -0.25) is 14.7 Å². The number of nitrogens with zero attached hydrogens (tertiary/aromatic N) is 3. The van der Waals surface area contributed by atoms with E-state index in [0.29, 0.717) is 4.90 Å². The monoisotopic (exact) mass is 425 g/mol. The van der Waals surface area contributed by atoms with E-state index in [1.165, 1.54) is 6.92 Å². The van der Waals surface area contributed by atoms with Gasteiger partial charge in [0.1, 0.15) is 19.2 Å². The van der Waals surface area contributed by atoms with Gasteiger partial charge in [-0.05, 0) is 18.2 Å². The molecule has 0 saturated carbocycles. The number of halogens is 7. The topological polar surface area (TPSA) is 55.3 Å². The van der Waals surface area contributed by atoms with Crippen molar-refractivity contribution in [3.05, 3.63) is 42.1 Å². The molecule has 0 saturated heterocycles. The highest BCUT2D eigenvalue weighted by Gasteiger charge is 2.39. The summed E-state index contributed by atoms with van der Waals surface area (Å²) in [6.45, 7) is -1.48. The van der Waals surface area contributed by atoms with Crippen molar-refractivity contribution in [1.29, 1.82) is 0 Å². The lowest BCUT2D eigenvalue weighted by Crippen LogP contribution is -2.36. The van der Waals surface area contributed by atoms with Crippen LogP contribution in [0.4, 0.5) is 36.4 Å². The van der Waals surface area contributed by atoms with Crippen molar-refractivity contribution in [1.82, 2.24) is 9.97 Å². The normalized spacial score (nSPS) is 12.1. The van der Waals surface area contributed by atoms with Gasteiger partial charge in [0.25, 0.3) is 0 Å². The van der Waals surface area contributed by atoms with Crippen LogP contribution in [0.3, 0.4) is 0 Å². The van der Waals surface area contributed by atoms with E-state index in [1.807, 2.05) is 0 Å². The van der Waals surface area contributed by atoms with Crippen LogP contribution < -0.4 is 4.90 Å². The number of hydrogen-bond donors (Lipinski definition) is 0. The Labute approximate surface area is 160 Å². The number of anilines is 1. The molecule has 2 rings (SSSR count). The van der Waals surface area contributed by atoms with E-state index in [4.69, 9.17) is 0 Å². The molecule has 2 aromatic rings. The van der Waals surface area contributed by atoms with E-state index in [2.05, 4.69) is 14.7 Å². The molecule has 2 heterocycles. The first-order valence-electron chi connectivity index (χ1n) is 8.06. The summed E-state index contributed by atoms with van der Waals surface area (Å²) in [6, 6.07) is 2.85. The maximum absolute atomic E-state index is 13.6. The predicted molar refractivity (Wildman–Crippen MR) is 87.1 cm³/mol. The fourth-order valence-corrected chi connectivity index (χ4v) is 2.31. The molecule has 1 amide bonds. The van der Waals surface area contributed by atoms with E-state index in [0.717, 1.165) is 30.6 Å². The molecule has 5 nitrogen and oxygen atoms in total. The van der Waals surface area contributed by atoms with Gasteiger partial charge in [0.05, 0.1) is 17.6 Å². The molecule has 0 unspecified atom stereocenters. The molecule has 158 valence electrons. The molecule has 0 aliphatic rings. The van der Waals surface area contributed by atoms with Gasteiger partial charge in [-0.25, -0.2) is 9.37 Å². The Morgan fingerprint density at radius 2 is 1.83 bits per heavy atom. The average Bonchev–Trinajstić information content (AvgIpc) is 2.63. The van der Waals surface area contributed by atoms with Crippen molar-refractivity contribution < 1.29 is 40.3 Å². The molecule has 0 atom stereocenters. The van der Waals surface area contributed by atoms with Gasteiger partial charge >= 0.3 is 12.4 Å². The summed E-state index contributed by atoms with van der Waals surface area (Å²) in [5.41, 5.74) is -2.65. The Morgan fingerprint density at radius 1 is 1.14 bits per heavy atom. The summed E-state index contributed by atoms with van der Waals surface area (Å²) in [5.74, 6) is -1.70. The standard InChI is InChI=1S/C17H14F7N3O2/c1-2-14(28)27(9-29-8-16(19,20)21)13-4-3-12(26-15(13)17(22,23)24)10-5-11(18)7-25-6-10/h3-7H,2,8-9H2,1H3. The summed E-state index contributed by atoms with van der Waals surface area (Å²) in [6.07, 6.45) is -8.13. The number of aromatic nitrogens is 2. The quantitative estimate of drug-likeness (QED) is 0.502. The second-order valence-corrected chi connectivity index (χ2v) is 5.72. The predicted octanol–water partition coefficient (Wildman–Crippen LogP) is 4.58. The van der Waals surface area contributed by atoms with E-state index in [-0.39, 0.29) is 17.7 Å². The SMILES string of the molecule is CCC(=O)N(COCC(F)(F)F)c1ccc(-c2cncc(F)c2)nc1C(F)(F)F. The third kappa shape index (κ3) is 6.11. The van der Waals surface area contributed by atoms with Gasteiger partial charge in [0.2, 0.25) is 5.91 Å². The number of amides is 1. The number of hydrogen-bond acceptors (Lipinski definition) is 4. The van der Waals surface area contributed by atoms with Crippen molar-refractivity contribution in [2.24, 2.45) is 0 Å². The number of ether oxygens (including phenoxy) is 1. The highest BCUT2D eigenvalue weighted by molar-refractivity contribution is 5.93. The molecule has 0 N–H and O–H groups in total. The minimum absolute atomic E-state index is 0.0521. The maximum Gasteiger partial charge on any atom is 0.435 e. The average molecular weight is 425 g/mol. The number of rotatable bonds is 6. The van der Waals surface area contributed by atoms with Crippen LogP contribution in [-0.2, 0) is 15.7 Å². The second-order valence-electron chi connectivity index (χ2n) is 5.72. The second kappa shape index (κ2) is 8.72. The Kier molecular flexibility index (Phi) is 6.77. The molecule has 0 fully saturated rings. The highest BCUT2D eigenvalue weighted by atomic mass is 19.4. The first-order chi connectivity index (χ1) is 13.4. The summed E-state index contributed by atoms with van der Waals surface area (Å²) in [4.78, 5) is 19.5. The van der Waals surface area contributed by atoms with Gasteiger partial charge in [-0.1, -0.05) is 6.92 Å². The highest BCUT2D eigenvalue weighted by Crippen LogP contribution is 2.37. The van der Waals surface area contributed by atoms with E-state index < -0.39 is 48.8 Å². The van der Waals surface area contributed by atoms with Gasteiger partial charge < -0.3 is 4.74 Å². The summed E-state index contributed by atoms with van der Waals surface area (Å²) in [5, 5.41) is 0. The minimum atomic E-state index is -5.05. The van der Waals surface area contributed by atoms with Crippen LogP contribution in [0.5, 0.6) is 0 Å². The summed E-state index contributed by atoms with van der Waals surface area (Å²) in [7, 11) is 0. The van der Waals surface area contributed by atoms with Gasteiger partial charge in [0.15, 0.2) is 5.69 Å². The number of alkyl halides is 6. The largest absolute Gasteiger partial charge is 0.435 e. The molecular formula is C17H14F7N3O2. The van der Waals surface area contributed by atoms with Crippen molar-refractivity contribution in [3.8, 4) is 11.3 Å². The first-order valence-corrected chi connectivity index (χ1v) is 8.06. The molecule has 0 aliphatic heterocycles. The fourth-order valence-electron chi connectivity index (χ4n) is 2.31. The molecular weight excluding hydrogens is 411 g/mol. The molecule has 0 spiro atoms. The van der Waals surface area contributed by atoms with Crippen LogP contribution in [0.2, 0.25) is 0 Å². The zero-order valence-electron chi connectivity index (χ0n) is 14.8. The maximum atomic E-state index is 13.6. The molecule has 0 bridgehead atoms. The summed E-state index contributed by atoms with van der Waals surface area (Å²) >= 11 is 0. The Balaban J connectivity index is 2.48. The zero-order chi connectivity index (χ0) is 21.8. The van der Waals surface area contributed by atoms with Crippen LogP contribution in [0.15, 0.2) is 30.6 Å². The van der Waals surface area contributed by atoms with Crippen LogP contribution in [-0.4, -0.2) is 35.4 Å². The zero-order valence-corrected chi connectivity index (χ0v) is 14.8.